The molecule has 2 aromatic carbocycles. The van der Waals surface area contributed by atoms with Gasteiger partial charge < -0.3 is 9.47 Å². The number of rotatable bonds is 2. The number of benzene rings is 2. The van der Waals surface area contributed by atoms with Gasteiger partial charge in [-0.2, -0.15) is 0 Å². The average molecular weight is 293 g/mol. The second-order valence-corrected chi connectivity index (χ2v) is 5.18. The van der Waals surface area contributed by atoms with Gasteiger partial charge in [0, 0.05) is 28.1 Å². The molecule has 104 valence electrons. The van der Waals surface area contributed by atoms with E-state index in [0.29, 0.717) is 17.2 Å². The molecule has 0 saturated carbocycles. The maximum atomic E-state index is 14.6. The third-order valence-corrected chi connectivity index (χ3v) is 3.93. The summed E-state index contributed by atoms with van der Waals surface area (Å²) in [5.41, 5.74) is 3.01. The van der Waals surface area contributed by atoms with Crippen molar-refractivity contribution < 1.29 is 13.9 Å². The van der Waals surface area contributed by atoms with E-state index in [-0.39, 0.29) is 11.6 Å². The molecule has 0 amide bonds. The van der Waals surface area contributed by atoms with Crippen LogP contribution in [0.4, 0.5) is 4.39 Å². The molecule has 0 bridgehead atoms. The number of methoxy groups -OCH3 is 1. The Labute approximate surface area is 122 Å². The van der Waals surface area contributed by atoms with Gasteiger partial charge in [-0.25, -0.2) is 4.39 Å². The molecule has 0 fully saturated rings. The molecule has 0 radical (unpaired) electrons. The molecule has 1 heterocycles. The molecule has 4 heteroatoms. The lowest BCUT2D eigenvalue weighted by Gasteiger charge is -2.15. The normalized spacial score (nSPS) is 13.0. The van der Waals surface area contributed by atoms with Crippen LogP contribution in [0.5, 0.6) is 11.5 Å². The van der Waals surface area contributed by atoms with Crippen molar-refractivity contribution in [3.05, 3.63) is 46.2 Å². The summed E-state index contributed by atoms with van der Waals surface area (Å²) in [4.78, 5) is 0. The van der Waals surface area contributed by atoms with Crippen LogP contribution < -0.4 is 9.47 Å². The Morgan fingerprint density at radius 2 is 2.00 bits per heavy atom. The Morgan fingerprint density at radius 1 is 1.20 bits per heavy atom. The van der Waals surface area contributed by atoms with E-state index >= 15 is 0 Å². The first-order valence-corrected chi connectivity index (χ1v) is 6.79. The zero-order valence-electron chi connectivity index (χ0n) is 11.3. The lowest BCUT2D eigenvalue weighted by atomic mass is 9.94. The van der Waals surface area contributed by atoms with Crippen molar-refractivity contribution in [3.63, 3.8) is 0 Å². The third-order valence-electron chi connectivity index (χ3n) is 3.61. The van der Waals surface area contributed by atoms with E-state index < -0.39 is 0 Å². The molecule has 0 spiro atoms. The highest BCUT2D eigenvalue weighted by Gasteiger charge is 2.24. The molecule has 0 saturated heterocycles. The highest BCUT2D eigenvalue weighted by atomic mass is 35.5. The first-order chi connectivity index (χ1) is 9.63. The van der Waals surface area contributed by atoms with Crippen LogP contribution in [0, 0.1) is 12.7 Å². The van der Waals surface area contributed by atoms with Crippen molar-refractivity contribution in [3.8, 4) is 22.6 Å². The van der Waals surface area contributed by atoms with Crippen molar-refractivity contribution in [2.75, 3.05) is 13.7 Å². The minimum absolute atomic E-state index is 0.221. The van der Waals surface area contributed by atoms with E-state index in [9.17, 15) is 4.39 Å². The molecule has 2 aromatic rings. The molecule has 0 unspecified atom stereocenters. The monoisotopic (exact) mass is 292 g/mol. The van der Waals surface area contributed by atoms with Crippen LogP contribution in [0.2, 0.25) is 5.02 Å². The summed E-state index contributed by atoms with van der Waals surface area (Å²) < 4.78 is 25.3. The van der Waals surface area contributed by atoms with Crippen LogP contribution in [0.1, 0.15) is 11.1 Å². The maximum Gasteiger partial charge on any atom is 0.173 e. The Kier molecular flexibility index (Phi) is 3.30. The van der Waals surface area contributed by atoms with E-state index in [0.717, 1.165) is 28.9 Å². The molecular formula is C16H14ClFO2. The van der Waals surface area contributed by atoms with Crippen LogP contribution in [-0.4, -0.2) is 13.7 Å². The predicted molar refractivity (Wildman–Crippen MR) is 77.3 cm³/mol. The largest absolute Gasteiger partial charge is 0.494 e. The summed E-state index contributed by atoms with van der Waals surface area (Å²) in [6, 6.07) is 7.05. The molecule has 1 aliphatic heterocycles. The van der Waals surface area contributed by atoms with Crippen LogP contribution in [0.25, 0.3) is 11.1 Å². The lowest BCUT2D eigenvalue weighted by Crippen LogP contribution is -1.97. The molecular weight excluding hydrogens is 279 g/mol. The fourth-order valence-electron chi connectivity index (χ4n) is 2.63. The summed E-state index contributed by atoms with van der Waals surface area (Å²) in [5.74, 6) is 0.624. The van der Waals surface area contributed by atoms with E-state index in [1.54, 1.807) is 12.1 Å². The quantitative estimate of drug-likeness (QED) is 0.817. The summed E-state index contributed by atoms with van der Waals surface area (Å²) in [6.07, 6.45) is 0.737. The smallest absolute Gasteiger partial charge is 0.173 e. The van der Waals surface area contributed by atoms with Crippen molar-refractivity contribution in [2.45, 2.75) is 13.3 Å². The summed E-state index contributed by atoms with van der Waals surface area (Å²) >= 11 is 6.32. The fraction of sp³-hybridized carbons (Fsp3) is 0.250. The van der Waals surface area contributed by atoms with E-state index in [1.165, 1.54) is 7.11 Å². The van der Waals surface area contributed by atoms with Gasteiger partial charge in [-0.3, -0.25) is 0 Å². The minimum Gasteiger partial charge on any atom is -0.494 e. The SMILES string of the molecule is COc1ccc(C)c(-c2c(Cl)ccc3c2CCO3)c1F. The molecule has 0 aromatic heterocycles. The van der Waals surface area contributed by atoms with Crippen LogP contribution in [0.3, 0.4) is 0 Å². The molecule has 3 rings (SSSR count). The summed E-state index contributed by atoms with van der Waals surface area (Å²) in [5, 5.41) is 0.532. The second-order valence-electron chi connectivity index (χ2n) is 4.77. The predicted octanol–water partition coefficient (Wildman–Crippen LogP) is 4.40. The number of fused-ring (bicyclic) bond motifs is 1. The van der Waals surface area contributed by atoms with Gasteiger partial charge >= 0.3 is 0 Å². The van der Waals surface area contributed by atoms with E-state index in [1.807, 2.05) is 19.1 Å². The maximum absolute atomic E-state index is 14.6. The fourth-order valence-corrected chi connectivity index (χ4v) is 2.91. The molecule has 20 heavy (non-hydrogen) atoms. The minimum atomic E-state index is -0.380. The Balaban J connectivity index is 2.32. The van der Waals surface area contributed by atoms with Crippen LogP contribution in [-0.2, 0) is 6.42 Å². The van der Waals surface area contributed by atoms with Crippen molar-refractivity contribution >= 4 is 11.6 Å². The highest BCUT2D eigenvalue weighted by molar-refractivity contribution is 6.33. The number of hydrogen-bond donors (Lipinski definition) is 0. The van der Waals surface area contributed by atoms with Gasteiger partial charge in [0.1, 0.15) is 5.75 Å². The zero-order valence-corrected chi connectivity index (χ0v) is 12.1. The Hall–Kier alpha value is -1.74. The average Bonchev–Trinajstić information content (AvgIpc) is 2.89. The number of ether oxygens (including phenoxy) is 2. The topological polar surface area (TPSA) is 18.5 Å². The van der Waals surface area contributed by atoms with Gasteiger partial charge in [-0.15, -0.1) is 0 Å². The molecule has 1 aliphatic rings. The standard InChI is InChI=1S/C16H14ClFO2/c1-9-3-5-13(19-2)16(18)14(9)15-10-7-8-20-12(10)6-4-11(15)17/h3-6H,7-8H2,1-2H3. The number of halogens is 2. The first kappa shape index (κ1) is 13.3. The first-order valence-electron chi connectivity index (χ1n) is 6.41. The van der Waals surface area contributed by atoms with Crippen LogP contribution in [0.15, 0.2) is 24.3 Å². The molecule has 0 aliphatic carbocycles. The number of hydrogen-bond acceptors (Lipinski definition) is 2. The van der Waals surface area contributed by atoms with Gasteiger partial charge in [0.2, 0.25) is 0 Å². The third kappa shape index (κ3) is 1.93. The van der Waals surface area contributed by atoms with Gasteiger partial charge in [-0.1, -0.05) is 17.7 Å². The van der Waals surface area contributed by atoms with E-state index in [4.69, 9.17) is 21.1 Å². The number of aryl methyl sites for hydroxylation is 1. The molecule has 0 N–H and O–H groups in total. The van der Waals surface area contributed by atoms with Gasteiger partial charge in [0.05, 0.1) is 13.7 Å². The van der Waals surface area contributed by atoms with Crippen molar-refractivity contribution in [2.24, 2.45) is 0 Å². The van der Waals surface area contributed by atoms with Gasteiger partial charge in [0.15, 0.2) is 11.6 Å². The Bertz CT molecular complexity index is 683. The van der Waals surface area contributed by atoms with E-state index in [2.05, 4.69) is 0 Å². The van der Waals surface area contributed by atoms with Gasteiger partial charge in [-0.05, 0) is 30.7 Å². The molecule has 2 nitrogen and oxygen atoms in total. The second kappa shape index (κ2) is 4.98. The lowest BCUT2D eigenvalue weighted by molar-refractivity contribution is 0.357. The van der Waals surface area contributed by atoms with Crippen molar-refractivity contribution in [1.29, 1.82) is 0 Å². The summed E-state index contributed by atoms with van der Waals surface area (Å²) in [7, 11) is 1.46. The summed E-state index contributed by atoms with van der Waals surface area (Å²) in [6.45, 7) is 2.47. The van der Waals surface area contributed by atoms with Crippen LogP contribution >= 0.6 is 11.6 Å². The Morgan fingerprint density at radius 3 is 2.75 bits per heavy atom. The zero-order chi connectivity index (χ0) is 14.3. The van der Waals surface area contributed by atoms with Gasteiger partial charge in [0.25, 0.3) is 0 Å². The molecule has 0 atom stereocenters. The highest BCUT2D eigenvalue weighted by Crippen LogP contribution is 2.43. The van der Waals surface area contributed by atoms with Crippen molar-refractivity contribution in [1.82, 2.24) is 0 Å².